The van der Waals surface area contributed by atoms with Crippen LogP contribution in [0.2, 0.25) is 0 Å². The van der Waals surface area contributed by atoms with Crippen LogP contribution in [0.5, 0.6) is 0 Å². The Kier molecular flexibility index (Phi) is 4.12. The number of hydrogen-bond acceptors (Lipinski definition) is 2. The Labute approximate surface area is 109 Å². The Bertz CT molecular complexity index is 476. The van der Waals surface area contributed by atoms with Gasteiger partial charge >= 0.3 is 12.3 Å². The molecule has 1 aromatic rings. The van der Waals surface area contributed by atoms with Crippen LogP contribution in [0.15, 0.2) is 18.2 Å². The fourth-order valence-electron chi connectivity index (χ4n) is 1.27. The maximum absolute atomic E-state index is 12.4. The Morgan fingerprint density at radius 3 is 2.26 bits per heavy atom. The lowest BCUT2D eigenvalue weighted by atomic mass is 10.1. The van der Waals surface area contributed by atoms with Crippen molar-refractivity contribution in [2.45, 2.75) is 32.5 Å². The van der Waals surface area contributed by atoms with Crippen molar-refractivity contribution in [2.24, 2.45) is 0 Å². The highest BCUT2D eigenvalue weighted by Gasteiger charge is 2.30. The molecule has 0 aromatic heterocycles. The number of nitrogens with one attached hydrogen (secondary N) is 1. The molecule has 0 saturated carbocycles. The van der Waals surface area contributed by atoms with Crippen LogP contribution < -0.4 is 5.32 Å². The second-order valence-electron chi connectivity index (χ2n) is 4.93. The van der Waals surface area contributed by atoms with Crippen LogP contribution in [-0.4, -0.2) is 11.7 Å². The van der Waals surface area contributed by atoms with Gasteiger partial charge in [-0.05, 0) is 44.5 Å². The van der Waals surface area contributed by atoms with Gasteiger partial charge in [0.1, 0.15) is 5.60 Å². The van der Waals surface area contributed by atoms with Gasteiger partial charge in [0, 0.05) is 12.6 Å². The van der Waals surface area contributed by atoms with Crippen molar-refractivity contribution in [2.75, 3.05) is 5.32 Å². The van der Waals surface area contributed by atoms with Crippen LogP contribution in [0.4, 0.5) is 23.7 Å². The number of amides is 1. The fraction of sp³-hybridized carbons (Fsp3) is 0.385. The molecule has 1 amide bonds. The third kappa shape index (κ3) is 4.81. The van der Waals surface area contributed by atoms with Crippen molar-refractivity contribution in [3.05, 3.63) is 36.2 Å². The quantitative estimate of drug-likeness (QED) is 0.836. The predicted octanol–water partition coefficient (Wildman–Crippen LogP) is 4.11. The first-order valence-corrected chi connectivity index (χ1v) is 5.46. The minimum Gasteiger partial charge on any atom is -0.444 e. The number of hydrogen-bond donors (Lipinski definition) is 1. The van der Waals surface area contributed by atoms with Gasteiger partial charge in [0.2, 0.25) is 0 Å². The number of carbonyl (C=O) groups excluding carboxylic acids is 1. The van der Waals surface area contributed by atoms with Gasteiger partial charge in [-0.25, -0.2) is 4.79 Å². The normalized spacial score (nSPS) is 12.2. The molecule has 19 heavy (non-hydrogen) atoms. The van der Waals surface area contributed by atoms with Crippen molar-refractivity contribution < 1.29 is 22.7 Å². The summed E-state index contributed by atoms with van der Waals surface area (Å²) in [5, 5.41) is 2.29. The van der Waals surface area contributed by atoms with Crippen LogP contribution in [0.3, 0.4) is 0 Å². The van der Waals surface area contributed by atoms with Gasteiger partial charge in [-0.1, -0.05) is 0 Å². The van der Waals surface area contributed by atoms with Gasteiger partial charge in [0.25, 0.3) is 0 Å². The minimum absolute atomic E-state index is 0.0715. The van der Waals surface area contributed by atoms with E-state index in [1.165, 1.54) is 0 Å². The highest BCUT2D eigenvalue weighted by Crippen LogP contribution is 2.31. The molecule has 1 aromatic carbocycles. The second kappa shape index (κ2) is 5.11. The second-order valence-corrected chi connectivity index (χ2v) is 4.93. The predicted molar refractivity (Wildman–Crippen MR) is 64.7 cm³/mol. The summed E-state index contributed by atoms with van der Waals surface area (Å²) in [7, 11) is 0. The van der Waals surface area contributed by atoms with E-state index < -0.39 is 23.4 Å². The average molecular weight is 273 g/mol. The lowest BCUT2D eigenvalue weighted by Crippen LogP contribution is -2.27. The van der Waals surface area contributed by atoms with Crippen LogP contribution >= 0.6 is 0 Å². The van der Waals surface area contributed by atoms with E-state index in [4.69, 9.17) is 11.7 Å². The first kappa shape index (κ1) is 15.3. The Balaban J connectivity index is 2.84. The summed E-state index contributed by atoms with van der Waals surface area (Å²) in [5.41, 5.74) is -1.69. The number of carbonyl (C=O) groups is 1. The summed E-state index contributed by atoms with van der Waals surface area (Å²) in [4.78, 5) is 11.5. The molecule has 1 rings (SSSR count). The van der Waals surface area contributed by atoms with Gasteiger partial charge in [-0.3, -0.25) is 5.32 Å². The summed E-state index contributed by atoms with van der Waals surface area (Å²) in [6.45, 7) is 10.5. The van der Waals surface area contributed by atoms with E-state index in [2.05, 4.69) is 5.32 Å². The molecule has 0 spiro atoms. The lowest BCUT2D eigenvalue weighted by molar-refractivity contribution is -0.137. The number of benzene rings is 1. The Morgan fingerprint density at radius 2 is 1.84 bits per heavy atom. The molecule has 0 atom stereocenters. The van der Waals surface area contributed by atoms with Crippen molar-refractivity contribution in [1.82, 2.24) is 0 Å². The summed E-state index contributed by atoms with van der Waals surface area (Å²) < 4.78 is 42.2. The van der Waals surface area contributed by atoms with Crippen molar-refractivity contribution in [3.8, 4) is 0 Å². The molecule has 0 bridgehead atoms. The van der Waals surface area contributed by atoms with Crippen LogP contribution in [0.1, 0.15) is 31.9 Å². The molecule has 1 N–H and O–H groups in total. The van der Waals surface area contributed by atoms with Crippen LogP contribution in [0, 0.1) is 6.92 Å². The zero-order valence-electron chi connectivity index (χ0n) is 10.8. The maximum Gasteiger partial charge on any atom is 0.416 e. The van der Waals surface area contributed by atoms with E-state index in [-0.39, 0.29) is 11.3 Å². The van der Waals surface area contributed by atoms with Gasteiger partial charge in [0.05, 0.1) is 5.56 Å². The zero-order chi connectivity index (χ0) is 14.8. The molecular weight excluding hydrogens is 259 g/mol. The molecule has 3 nitrogen and oxygen atoms in total. The number of alkyl halides is 3. The third-order valence-corrected chi connectivity index (χ3v) is 2.01. The van der Waals surface area contributed by atoms with Gasteiger partial charge in [-0.15, -0.1) is 0 Å². The van der Waals surface area contributed by atoms with E-state index in [1.807, 2.05) is 0 Å². The molecule has 0 aliphatic carbocycles. The lowest BCUT2D eigenvalue weighted by Gasteiger charge is -2.20. The average Bonchev–Trinajstić information content (AvgIpc) is 2.16. The summed E-state index contributed by atoms with van der Waals surface area (Å²) in [5.74, 6) is 0. The molecule has 2 radical (unpaired) electrons. The molecule has 0 fully saturated rings. The molecule has 0 aliphatic rings. The fourth-order valence-corrected chi connectivity index (χ4v) is 1.27. The van der Waals surface area contributed by atoms with Gasteiger partial charge < -0.3 is 4.74 Å². The van der Waals surface area contributed by atoms with Crippen molar-refractivity contribution >= 4 is 11.8 Å². The molecule has 104 valence electrons. The van der Waals surface area contributed by atoms with E-state index in [0.717, 1.165) is 18.2 Å². The van der Waals surface area contributed by atoms with Crippen LogP contribution in [0.25, 0.3) is 0 Å². The number of halogens is 3. The first-order valence-electron chi connectivity index (χ1n) is 5.46. The van der Waals surface area contributed by atoms with E-state index in [1.54, 1.807) is 20.8 Å². The number of rotatable bonds is 1. The maximum atomic E-state index is 12.4. The van der Waals surface area contributed by atoms with E-state index in [0.29, 0.717) is 0 Å². The first-order chi connectivity index (χ1) is 8.49. The molecule has 6 heteroatoms. The number of anilines is 1. The van der Waals surface area contributed by atoms with Crippen molar-refractivity contribution in [3.63, 3.8) is 0 Å². The largest absolute Gasteiger partial charge is 0.444 e. The van der Waals surface area contributed by atoms with Crippen molar-refractivity contribution in [1.29, 1.82) is 0 Å². The highest BCUT2D eigenvalue weighted by molar-refractivity contribution is 5.86. The van der Waals surface area contributed by atoms with Gasteiger partial charge in [0.15, 0.2) is 0 Å². The highest BCUT2D eigenvalue weighted by atomic mass is 19.4. The molecule has 0 saturated heterocycles. The third-order valence-electron chi connectivity index (χ3n) is 2.01. The Hall–Kier alpha value is -1.72. The van der Waals surface area contributed by atoms with Crippen LogP contribution in [-0.2, 0) is 10.9 Å². The zero-order valence-corrected chi connectivity index (χ0v) is 10.8. The molecule has 0 unspecified atom stereocenters. The summed E-state index contributed by atoms with van der Waals surface area (Å²) >= 11 is 0. The molecule has 0 heterocycles. The topological polar surface area (TPSA) is 38.3 Å². The summed E-state index contributed by atoms with van der Waals surface area (Å²) in [6.07, 6.45) is -5.25. The SMILES string of the molecule is [CH]c1cc(C(F)(F)F)ccc1NC(=O)OC(C)(C)C. The van der Waals surface area contributed by atoms with Gasteiger partial charge in [-0.2, -0.15) is 13.2 Å². The monoisotopic (exact) mass is 273 g/mol. The minimum atomic E-state index is -4.47. The molecule has 0 aliphatic heterocycles. The Morgan fingerprint density at radius 1 is 1.26 bits per heavy atom. The smallest absolute Gasteiger partial charge is 0.416 e. The summed E-state index contributed by atoms with van der Waals surface area (Å²) in [6, 6.07) is 2.68. The van der Waals surface area contributed by atoms with E-state index in [9.17, 15) is 18.0 Å². The number of ether oxygens (including phenoxy) is 1. The van der Waals surface area contributed by atoms with E-state index >= 15 is 0 Å². The molecular formula is C13H14F3NO2. The standard InChI is InChI=1S/C13H14F3NO2/c1-8-7-9(13(14,15)16)5-6-10(8)17-11(18)19-12(2,3)4/h1,5-7H,2-4H3,(H,17,18).